The lowest BCUT2D eigenvalue weighted by molar-refractivity contribution is 0.420. The number of halogens is 2. The number of nitrogens with zero attached hydrogens (tertiary/aromatic N) is 2. The summed E-state index contributed by atoms with van der Waals surface area (Å²) in [5, 5.41) is 6.96. The van der Waals surface area contributed by atoms with Gasteiger partial charge in [-0.2, -0.15) is 5.10 Å². The first kappa shape index (κ1) is 14.3. The number of aromatic nitrogens is 2. The molecule has 4 nitrogen and oxygen atoms in total. The summed E-state index contributed by atoms with van der Waals surface area (Å²) in [6.07, 6.45) is 0. The number of hydrogen-bond donors (Lipinski definition) is 1. The van der Waals surface area contributed by atoms with Crippen molar-refractivity contribution in [3.05, 3.63) is 63.6 Å². The second-order valence-corrected chi connectivity index (χ2v) is 4.48. The molecule has 0 radical (unpaired) electrons. The Morgan fingerprint density at radius 3 is 2.75 bits per heavy atom. The van der Waals surface area contributed by atoms with Gasteiger partial charge >= 0.3 is 0 Å². The average molecular weight is 279 g/mol. The van der Waals surface area contributed by atoms with Gasteiger partial charge in [0.2, 0.25) is 0 Å². The molecule has 0 saturated heterocycles. The van der Waals surface area contributed by atoms with E-state index in [0.717, 1.165) is 6.07 Å². The van der Waals surface area contributed by atoms with Crippen LogP contribution < -0.4 is 10.9 Å². The molecule has 0 aliphatic heterocycles. The quantitative estimate of drug-likeness (QED) is 0.928. The highest BCUT2D eigenvalue weighted by Gasteiger charge is 2.18. The number of nitrogens with one attached hydrogen (secondary N) is 1. The Labute approximate surface area is 115 Å². The first-order valence-electron chi connectivity index (χ1n) is 6.19. The molecule has 1 atom stereocenters. The van der Waals surface area contributed by atoms with Crippen molar-refractivity contribution in [2.24, 2.45) is 0 Å². The lowest BCUT2D eigenvalue weighted by atomic mass is 10.1. The van der Waals surface area contributed by atoms with Crippen molar-refractivity contribution < 1.29 is 8.78 Å². The van der Waals surface area contributed by atoms with Crippen LogP contribution in [0, 0.1) is 18.6 Å². The summed E-state index contributed by atoms with van der Waals surface area (Å²) in [5.74, 6) is -1.82. The van der Waals surface area contributed by atoms with E-state index < -0.39 is 17.7 Å². The number of aryl methyl sites for hydroxylation is 1. The third-order valence-corrected chi connectivity index (χ3v) is 3.06. The molecule has 1 N–H and O–H groups in total. The molecule has 1 heterocycles. The van der Waals surface area contributed by atoms with Crippen molar-refractivity contribution in [2.45, 2.75) is 19.5 Å². The van der Waals surface area contributed by atoms with Crippen molar-refractivity contribution in [1.82, 2.24) is 15.1 Å². The number of benzene rings is 1. The number of likely N-dealkylation sites (N-methyl/N-ethyl adjacent to an activating group) is 1. The number of hydrogen-bond acceptors (Lipinski definition) is 3. The Bertz CT molecular complexity index is 670. The van der Waals surface area contributed by atoms with Gasteiger partial charge < -0.3 is 5.32 Å². The molecule has 1 unspecified atom stereocenters. The van der Waals surface area contributed by atoms with Gasteiger partial charge in [0, 0.05) is 11.6 Å². The Morgan fingerprint density at radius 2 is 2.05 bits per heavy atom. The van der Waals surface area contributed by atoms with Crippen LogP contribution in [0.1, 0.15) is 17.3 Å². The van der Waals surface area contributed by atoms with Gasteiger partial charge in [-0.25, -0.2) is 13.5 Å². The van der Waals surface area contributed by atoms with Crippen LogP contribution in [0.3, 0.4) is 0 Å². The SMILES string of the molecule is CNC(Cn1nc(C)ccc1=O)c1cccc(F)c1F. The predicted molar refractivity (Wildman–Crippen MR) is 71.4 cm³/mol. The highest BCUT2D eigenvalue weighted by atomic mass is 19.2. The van der Waals surface area contributed by atoms with Crippen LogP contribution in [0.5, 0.6) is 0 Å². The molecule has 106 valence electrons. The molecule has 6 heteroatoms. The minimum Gasteiger partial charge on any atom is -0.311 e. The zero-order chi connectivity index (χ0) is 14.7. The zero-order valence-electron chi connectivity index (χ0n) is 11.2. The maximum Gasteiger partial charge on any atom is 0.266 e. The van der Waals surface area contributed by atoms with Gasteiger partial charge in [0.15, 0.2) is 11.6 Å². The molecule has 1 aromatic heterocycles. The molecule has 20 heavy (non-hydrogen) atoms. The minimum absolute atomic E-state index is 0.122. The maximum absolute atomic E-state index is 13.8. The molecule has 0 bridgehead atoms. The van der Waals surface area contributed by atoms with Gasteiger partial charge in [0.25, 0.3) is 5.56 Å². The highest BCUT2D eigenvalue weighted by Crippen LogP contribution is 2.20. The number of rotatable bonds is 4. The van der Waals surface area contributed by atoms with E-state index in [1.807, 2.05) is 0 Å². The summed E-state index contributed by atoms with van der Waals surface area (Å²) < 4.78 is 28.3. The minimum atomic E-state index is -0.910. The molecule has 1 aromatic carbocycles. The molecule has 0 aliphatic carbocycles. The third kappa shape index (κ3) is 2.91. The van der Waals surface area contributed by atoms with Gasteiger partial charge in [-0.1, -0.05) is 12.1 Å². The Balaban J connectivity index is 2.36. The summed E-state index contributed by atoms with van der Waals surface area (Å²) in [5.41, 5.74) is 0.564. The smallest absolute Gasteiger partial charge is 0.266 e. The van der Waals surface area contributed by atoms with E-state index in [0.29, 0.717) is 5.69 Å². The summed E-state index contributed by atoms with van der Waals surface area (Å²) in [4.78, 5) is 11.7. The van der Waals surface area contributed by atoms with Crippen molar-refractivity contribution in [2.75, 3.05) is 7.05 Å². The van der Waals surface area contributed by atoms with Crippen molar-refractivity contribution in [1.29, 1.82) is 0 Å². The van der Waals surface area contributed by atoms with E-state index in [9.17, 15) is 13.6 Å². The summed E-state index contributed by atoms with van der Waals surface area (Å²) in [6, 6.07) is 6.44. The van der Waals surface area contributed by atoms with E-state index in [-0.39, 0.29) is 17.7 Å². The van der Waals surface area contributed by atoms with Crippen LogP contribution in [0.25, 0.3) is 0 Å². The predicted octanol–water partition coefficient (Wildman–Crippen LogP) is 1.79. The van der Waals surface area contributed by atoms with Gasteiger partial charge in [-0.15, -0.1) is 0 Å². The van der Waals surface area contributed by atoms with Crippen LogP contribution >= 0.6 is 0 Å². The highest BCUT2D eigenvalue weighted by molar-refractivity contribution is 5.22. The molecule has 2 rings (SSSR count). The first-order valence-corrected chi connectivity index (χ1v) is 6.19. The normalized spacial score (nSPS) is 12.4. The maximum atomic E-state index is 13.8. The topological polar surface area (TPSA) is 46.9 Å². The van der Waals surface area contributed by atoms with Gasteiger partial charge in [-0.3, -0.25) is 4.79 Å². The Hall–Kier alpha value is -2.08. The van der Waals surface area contributed by atoms with Crippen LogP contribution in [-0.4, -0.2) is 16.8 Å². The fourth-order valence-electron chi connectivity index (χ4n) is 1.99. The summed E-state index contributed by atoms with van der Waals surface area (Å²) in [7, 11) is 1.62. The van der Waals surface area contributed by atoms with Crippen molar-refractivity contribution in [3.63, 3.8) is 0 Å². The van der Waals surface area contributed by atoms with E-state index in [4.69, 9.17) is 0 Å². The molecule has 0 saturated carbocycles. The monoisotopic (exact) mass is 279 g/mol. The largest absolute Gasteiger partial charge is 0.311 e. The van der Waals surface area contributed by atoms with Crippen molar-refractivity contribution >= 4 is 0 Å². The lowest BCUT2D eigenvalue weighted by Crippen LogP contribution is -2.31. The molecule has 0 aliphatic rings. The van der Waals surface area contributed by atoms with Crippen LogP contribution in [0.15, 0.2) is 35.1 Å². The lowest BCUT2D eigenvalue weighted by Gasteiger charge is -2.18. The van der Waals surface area contributed by atoms with E-state index in [2.05, 4.69) is 10.4 Å². The average Bonchev–Trinajstić information content (AvgIpc) is 2.43. The van der Waals surface area contributed by atoms with Gasteiger partial charge in [0.1, 0.15) is 0 Å². The Morgan fingerprint density at radius 1 is 1.30 bits per heavy atom. The standard InChI is InChI=1S/C14H15F2N3O/c1-9-6-7-13(20)19(18-9)8-12(17-2)10-4-3-5-11(15)14(10)16/h3-7,12,17H,8H2,1-2H3. The molecular weight excluding hydrogens is 264 g/mol. The van der Waals surface area contributed by atoms with Crippen LogP contribution in [-0.2, 0) is 6.54 Å². The second-order valence-electron chi connectivity index (χ2n) is 4.48. The summed E-state index contributed by atoms with van der Waals surface area (Å²) >= 11 is 0. The fraction of sp³-hybridized carbons (Fsp3) is 0.286. The fourth-order valence-corrected chi connectivity index (χ4v) is 1.99. The van der Waals surface area contributed by atoms with Gasteiger partial charge in [0.05, 0.1) is 18.3 Å². The second kappa shape index (κ2) is 5.92. The van der Waals surface area contributed by atoms with E-state index in [1.54, 1.807) is 20.0 Å². The van der Waals surface area contributed by atoms with Crippen LogP contribution in [0.4, 0.5) is 8.78 Å². The van der Waals surface area contributed by atoms with E-state index in [1.165, 1.54) is 22.9 Å². The summed E-state index contributed by atoms with van der Waals surface area (Å²) in [6.45, 7) is 1.88. The Kier molecular flexibility index (Phi) is 4.24. The molecule has 0 fully saturated rings. The molecule has 0 amide bonds. The van der Waals surface area contributed by atoms with Crippen molar-refractivity contribution in [3.8, 4) is 0 Å². The third-order valence-electron chi connectivity index (χ3n) is 3.06. The molecule has 0 spiro atoms. The molecule has 2 aromatic rings. The zero-order valence-corrected chi connectivity index (χ0v) is 11.2. The van der Waals surface area contributed by atoms with Gasteiger partial charge in [-0.05, 0) is 26.1 Å². The first-order chi connectivity index (χ1) is 9.52. The molecular formula is C14H15F2N3O. The van der Waals surface area contributed by atoms with Crippen LogP contribution in [0.2, 0.25) is 0 Å². The van der Waals surface area contributed by atoms with E-state index >= 15 is 0 Å².